The lowest BCUT2D eigenvalue weighted by Crippen LogP contribution is -2.23. The second-order valence-electron chi connectivity index (χ2n) is 5.22. The van der Waals surface area contributed by atoms with E-state index in [1.807, 2.05) is 19.1 Å². The number of thioether (sulfide) groups is 1. The Labute approximate surface area is 147 Å². The molecule has 0 radical (unpaired) electrons. The molecule has 2 aromatic heterocycles. The predicted molar refractivity (Wildman–Crippen MR) is 96.5 cm³/mol. The highest BCUT2D eigenvalue weighted by Gasteiger charge is 2.11. The lowest BCUT2D eigenvalue weighted by molar-refractivity contribution is -0.402. The topological polar surface area (TPSA) is 91.2 Å². The van der Waals surface area contributed by atoms with E-state index in [0.717, 1.165) is 6.42 Å². The highest BCUT2D eigenvalue weighted by Crippen LogP contribution is 2.22. The Bertz CT molecular complexity index is 1010. The number of nitro groups is 1. The van der Waals surface area contributed by atoms with Crippen molar-refractivity contribution in [1.82, 2.24) is 9.55 Å². The number of furan rings is 1. The van der Waals surface area contributed by atoms with Crippen LogP contribution < -0.4 is 5.56 Å². The van der Waals surface area contributed by atoms with Gasteiger partial charge in [0, 0.05) is 6.54 Å². The van der Waals surface area contributed by atoms with Crippen molar-refractivity contribution in [2.45, 2.75) is 25.0 Å². The van der Waals surface area contributed by atoms with Gasteiger partial charge in [0.15, 0.2) is 5.16 Å². The van der Waals surface area contributed by atoms with Gasteiger partial charge in [-0.1, -0.05) is 30.8 Å². The quantitative estimate of drug-likeness (QED) is 0.286. The minimum Gasteiger partial charge on any atom is -0.401 e. The standard InChI is InChI=1S/C17H15N3O4S/c1-2-10-19-16(21)13-5-3-4-6-14(13)18-17(19)25-11-9-12-7-8-15(24-12)20(22)23/h3-9,11H,2,10H2,1H3/b11-9+. The van der Waals surface area contributed by atoms with Gasteiger partial charge in [-0.05, 0) is 36.1 Å². The number of hydrogen-bond donors (Lipinski definition) is 0. The minimum atomic E-state index is -0.589. The number of rotatable bonds is 6. The number of nitrogens with zero attached hydrogens (tertiary/aromatic N) is 3. The fraction of sp³-hybridized carbons (Fsp3) is 0.176. The Balaban J connectivity index is 1.91. The summed E-state index contributed by atoms with van der Waals surface area (Å²) in [6.07, 6.45) is 2.41. The largest absolute Gasteiger partial charge is 0.433 e. The van der Waals surface area contributed by atoms with E-state index in [2.05, 4.69) is 4.98 Å². The van der Waals surface area contributed by atoms with Crippen LogP contribution in [0.1, 0.15) is 19.1 Å². The first-order chi connectivity index (χ1) is 12.1. The number of para-hydroxylation sites is 1. The van der Waals surface area contributed by atoms with E-state index >= 15 is 0 Å². The fourth-order valence-electron chi connectivity index (χ4n) is 2.35. The molecule has 0 aliphatic heterocycles. The third-order valence-corrected chi connectivity index (χ3v) is 4.27. The van der Waals surface area contributed by atoms with Crippen molar-refractivity contribution < 1.29 is 9.34 Å². The monoisotopic (exact) mass is 357 g/mol. The van der Waals surface area contributed by atoms with Gasteiger partial charge in [0.05, 0.1) is 17.0 Å². The summed E-state index contributed by atoms with van der Waals surface area (Å²) in [6, 6.07) is 10.0. The number of fused-ring (bicyclic) bond motifs is 1. The molecule has 128 valence electrons. The lowest BCUT2D eigenvalue weighted by atomic mass is 10.2. The second kappa shape index (κ2) is 7.35. The molecule has 0 unspecified atom stereocenters. The average Bonchev–Trinajstić information content (AvgIpc) is 3.07. The Kier molecular flexibility index (Phi) is 4.99. The van der Waals surface area contributed by atoms with Crippen molar-refractivity contribution in [3.63, 3.8) is 0 Å². The molecule has 3 aromatic rings. The van der Waals surface area contributed by atoms with Crippen LogP contribution >= 0.6 is 11.8 Å². The smallest absolute Gasteiger partial charge is 0.401 e. The molecule has 0 atom stereocenters. The molecule has 0 saturated carbocycles. The molecule has 0 aliphatic carbocycles. The van der Waals surface area contributed by atoms with Crippen molar-refractivity contribution in [3.8, 4) is 0 Å². The van der Waals surface area contributed by atoms with Crippen molar-refractivity contribution in [2.75, 3.05) is 0 Å². The van der Waals surface area contributed by atoms with Crippen LogP contribution in [0.2, 0.25) is 0 Å². The van der Waals surface area contributed by atoms with Crippen LogP contribution in [0.15, 0.2) is 56.2 Å². The zero-order valence-corrected chi connectivity index (χ0v) is 14.2. The summed E-state index contributed by atoms with van der Waals surface area (Å²) in [5.74, 6) is 0.0562. The number of aromatic nitrogens is 2. The van der Waals surface area contributed by atoms with Crippen molar-refractivity contribution in [1.29, 1.82) is 0 Å². The summed E-state index contributed by atoms with van der Waals surface area (Å²) in [6.45, 7) is 2.56. The van der Waals surface area contributed by atoms with Gasteiger partial charge in [0.25, 0.3) is 5.56 Å². The van der Waals surface area contributed by atoms with Crippen LogP contribution in [-0.4, -0.2) is 14.5 Å². The van der Waals surface area contributed by atoms with Crippen LogP contribution in [0.3, 0.4) is 0 Å². The number of hydrogen-bond acceptors (Lipinski definition) is 6. The Morgan fingerprint density at radius 3 is 2.84 bits per heavy atom. The summed E-state index contributed by atoms with van der Waals surface area (Å²) in [7, 11) is 0. The molecule has 0 amide bonds. The van der Waals surface area contributed by atoms with Gasteiger partial charge in [-0.2, -0.15) is 0 Å². The molecule has 1 aromatic carbocycles. The predicted octanol–water partition coefficient (Wildman–Crippen LogP) is 4.07. The van der Waals surface area contributed by atoms with Gasteiger partial charge in [-0.15, -0.1) is 0 Å². The van der Waals surface area contributed by atoms with E-state index in [-0.39, 0.29) is 11.4 Å². The highest BCUT2D eigenvalue weighted by molar-refractivity contribution is 8.02. The molecule has 7 nitrogen and oxygen atoms in total. The molecule has 25 heavy (non-hydrogen) atoms. The Morgan fingerprint density at radius 1 is 1.32 bits per heavy atom. The van der Waals surface area contributed by atoms with Gasteiger partial charge in [0.2, 0.25) is 0 Å². The second-order valence-corrected chi connectivity index (χ2v) is 6.10. The summed E-state index contributed by atoms with van der Waals surface area (Å²) in [4.78, 5) is 27.2. The van der Waals surface area contributed by atoms with Gasteiger partial charge in [-0.3, -0.25) is 19.5 Å². The Hall–Kier alpha value is -2.87. The van der Waals surface area contributed by atoms with Crippen LogP contribution in [0, 0.1) is 10.1 Å². The SMILES string of the molecule is CCCn1c(S/C=C/c2ccc([N+](=O)[O-])o2)nc2ccccc2c1=O. The molecule has 0 bridgehead atoms. The maximum absolute atomic E-state index is 12.6. The van der Waals surface area contributed by atoms with E-state index < -0.39 is 4.92 Å². The molecule has 8 heteroatoms. The van der Waals surface area contributed by atoms with Gasteiger partial charge in [-0.25, -0.2) is 4.98 Å². The first-order valence-corrected chi connectivity index (χ1v) is 8.55. The minimum absolute atomic E-state index is 0.0722. The summed E-state index contributed by atoms with van der Waals surface area (Å²) in [5.41, 5.74) is 0.571. The van der Waals surface area contributed by atoms with Crippen molar-refractivity contribution >= 4 is 34.6 Å². The van der Waals surface area contributed by atoms with Crippen LogP contribution in [-0.2, 0) is 6.54 Å². The molecule has 3 rings (SSSR count). The third-order valence-electron chi connectivity index (χ3n) is 3.47. The molecular weight excluding hydrogens is 342 g/mol. The fourth-order valence-corrected chi connectivity index (χ4v) is 3.13. The van der Waals surface area contributed by atoms with E-state index in [4.69, 9.17) is 4.42 Å². The third kappa shape index (κ3) is 3.63. The Morgan fingerprint density at radius 2 is 2.12 bits per heavy atom. The maximum Gasteiger partial charge on any atom is 0.433 e. The molecular formula is C17H15N3O4S. The molecule has 2 heterocycles. The molecule has 0 N–H and O–H groups in total. The van der Waals surface area contributed by atoms with Crippen LogP contribution in [0.25, 0.3) is 17.0 Å². The van der Waals surface area contributed by atoms with E-state index in [1.165, 1.54) is 23.9 Å². The zero-order chi connectivity index (χ0) is 17.8. The zero-order valence-electron chi connectivity index (χ0n) is 13.4. The summed E-state index contributed by atoms with van der Waals surface area (Å²) < 4.78 is 6.71. The summed E-state index contributed by atoms with van der Waals surface area (Å²) in [5, 5.41) is 13.5. The molecule has 0 fully saturated rings. The lowest BCUT2D eigenvalue weighted by Gasteiger charge is -2.10. The highest BCUT2D eigenvalue weighted by atomic mass is 32.2. The van der Waals surface area contributed by atoms with Gasteiger partial charge >= 0.3 is 5.88 Å². The normalized spacial score (nSPS) is 11.4. The van der Waals surface area contributed by atoms with Gasteiger partial charge in [0.1, 0.15) is 10.7 Å². The molecule has 0 aliphatic rings. The average molecular weight is 357 g/mol. The number of benzene rings is 1. The van der Waals surface area contributed by atoms with Crippen LogP contribution in [0.5, 0.6) is 0 Å². The van der Waals surface area contributed by atoms with Gasteiger partial charge < -0.3 is 4.42 Å². The first kappa shape index (κ1) is 17.0. The van der Waals surface area contributed by atoms with E-state index in [0.29, 0.717) is 28.4 Å². The van der Waals surface area contributed by atoms with E-state index in [1.54, 1.807) is 28.2 Å². The van der Waals surface area contributed by atoms with Crippen molar-refractivity contribution in [2.24, 2.45) is 0 Å². The first-order valence-electron chi connectivity index (χ1n) is 7.67. The summed E-state index contributed by atoms with van der Waals surface area (Å²) >= 11 is 1.27. The van der Waals surface area contributed by atoms with Crippen LogP contribution in [0.4, 0.5) is 5.88 Å². The molecule has 0 saturated heterocycles. The molecule has 0 spiro atoms. The van der Waals surface area contributed by atoms with Crippen molar-refractivity contribution in [3.05, 3.63) is 68.0 Å². The maximum atomic E-state index is 12.6. The van der Waals surface area contributed by atoms with E-state index in [9.17, 15) is 14.9 Å².